The van der Waals surface area contributed by atoms with Crippen LogP contribution in [0, 0.1) is 0 Å². The molecule has 0 bridgehead atoms. The summed E-state index contributed by atoms with van der Waals surface area (Å²) in [5.74, 6) is 0.460. The summed E-state index contributed by atoms with van der Waals surface area (Å²) in [5, 5.41) is 3.37. The van der Waals surface area contributed by atoms with Crippen LogP contribution in [0.3, 0.4) is 0 Å². The Morgan fingerprint density at radius 2 is 2.12 bits per heavy atom. The van der Waals surface area contributed by atoms with Gasteiger partial charge in [-0.15, -0.1) is 0 Å². The number of hydrogen-bond acceptors (Lipinski definition) is 4. The van der Waals surface area contributed by atoms with E-state index in [-0.39, 0.29) is 17.5 Å². The minimum absolute atomic E-state index is 0.0329. The number of ether oxygens (including phenoxy) is 1. The van der Waals surface area contributed by atoms with Gasteiger partial charge in [0.2, 0.25) is 0 Å². The number of rotatable bonds is 6. The Kier molecular flexibility index (Phi) is 5.21. The van der Waals surface area contributed by atoms with E-state index in [9.17, 15) is 8.42 Å². The van der Waals surface area contributed by atoms with Crippen LogP contribution in [0.1, 0.15) is 33.1 Å². The van der Waals surface area contributed by atoms with Gasteiger partial charge < -0.3 is 10.1 Å². The predicted octanol–water partition coefficient (Wildman–Crippen LogP) is 0.967. The summed E-state index contributed by atoms with van der Waals surface area (Å²) in [6.45, 7) is 3.63. The first-order valence-corrected chi connectivity index (χ1v) is 7.78. The maximum Gasteiger partial charge on any atom is 0.151 e. The molecule has 1 aliphatic rings. The van der Waals surface area contributed by atoms with Gasteiger partial charge in [0.15, 0.2) is 9.84 Å². The molecule has 1 aliphatic carbocycles. The fourth-order valence-corrected chi connectivity index (χ4v) is 3.35. The van der Waals surface area contributed by atoms with Crippen molar-refractivity contribution in [2.75, 3.05) is 18.6 Å². The van der Waals surface area contributed by atoms with Gasteiger partial charge in [0.05, 0.1) is 11.9 Å². The maximum absolute atomic E-state index is 11.4. The zero-order chi connectivity index (χ0) is 12.2. The monoisotopic (exact) mass is 249 g/mol. The fourth-order valence-electron chi connectivity index (χ4n) is 2.25. The third-order valence-corrected chi connectivity index (χ3v) is 5.07. The topological polar surface area (TPSA) is 55.4 Å². The molecule has 1 fully saturated rings. The second kappa shape index (κ2) is 5.98. The standard InChI is InChI=1S/C11H23NO3S/c1-4-16(13,14)8-9(2)12-10-5-6-11(7-10)15-3/h9-12H,4-8H2,1-3H3. The lowest BCUT2D eigenvalue weighted by Gasteiger charge is -2.19. The normalized spacial score (nSPS) is 28.2. The smallest absolute Gasteiger partial charge is 0.151 e. The molecule has 0 saturated heterocycles. The highest BCUT2D eigenvalue weighted by atomic mass is 32.2. The van der Waals surface area contributed by atoms with E-state index >= 15 is 0 Å². The summed E-state index contributed by atoms with van der Waals surface area (Å²) in [7, 11) is -1.14. The number of nitrogens with one attached hydrogen (secondary N) is 1. The molecule has 1 rings (SSSR count). The van der Waals surface area contributed by atoms with Crippen LogP contribution in [0.4, 0.5) is 0 Å². The zero-order valence-electron chi connectivity index (χ0n) is 10.4. The highest BCUT2D eigenvalue weighted by molar-refractivity contribution is 7.91. The van der Waals surface area contributed by atoms with Crippen LogP contribution in [-0.2, 0) is 14.6 Å². The van der Waals surface area contributed by atoms with Crippen LogP contribution in [0.15, 0.2) is 0 Å². The number of sulfone groups is 1. The second-order valence-corrected chi connectivity index (χ2v) is 7.03. The maximum atomic E-state index is 11.4. The van der Waals surface area contributed by atoms with Crippen molar-refractivity contribution in [2.24, 2.45) is 0 Å². The lowest BCUT2D eigenvalue weighted by molar-refractivity contribution is 0.106. The van der Waals surface area contributed by atoms with Crippen molar-refractivity contribution in [3.05, 3.63) is 0 Å². The lowest BCUT2D eigenvalue weighted by Crippen LogP contribution is -2.39. The molecule has 3 atom stereocenters. The molecule has 5 heteroatoms. The first-order chi connectivity index (χ1) is 7.46. The molecule has 0 amide bonds. The van der Waals surface area contributed by atoms with E-state index in [0.29, 0.717) is 12.1 Å². The van der Waals surface area contributed by atoms with Gasteiger partial charge in [0.1, 0.15) is 0 Å². The summed E-state index contributed by atoms with van der Waals surface area (Å²) in [6.07, 6.45) is 3.48. The predicted molar refractivity (Wildman–Crippen MR) is 65.4 cm³/mol. The van der Waals surface area contributed by atoms with Crippen molar-refractivity contribution in [2.45, 2.75) is 51.3 Å². The minimum Gasteiger partial charge on any atom is -0.381 e. The van der Waals surface area contributed by atoms with Crippen molar-refractivity contribution < 1.29 is 13.2 Å². The van der Waals surface area contributed by atoms with Gasteiger partial charge >= 0.3 is 0 Å². The third-order valence-electron chi connectivity index (χ3n) is 3.18. The van der Waals surface area contributed by atoms with Crippen molar-refractivity contribution >= 4 is 9.84 Å². The molecule has 1 saturated carbocycles. The Morgan fingerprint density at radius 1 is 1.44 bits per heavy atom. The summed E-state index contributed by atoms with van der Waals surface area (Å²) in [4.78, 5) is 0. The Bertz CT molecular complexity index is 302. The van der Waals surface area contributed by atoms with Crippen LogP contribution < -0.4 is 5.32 Å². The molecule has 16 heavy (non-hydrogen) atoms. The highest BCUT2D eigenvalue weighted by Gasteiger charge is 2.26. The summed E-state index contributed by atoms with van der Waals surface area (Å²) >= 11 is 0. The van der Waals surface area contributed by atoms with Crippen LogP contribution in [0.2, 0.25) is 0 Å². The van der Waals surface area contributed by atoms with E-state index < -0.39 is 9.84 Å². The Balaban J connectivity index is 2.33. The van der Waals surface area contributed by atoms with Crippen LogP contribution in [-0.4, -0.2) is 45.2 Å². The average Bonchev–Trinajstić information content (AvgIpc) is 2.64. The quantitative estimate of drug-likeness (QED) is 0.762. The Labute approximate surface area is 98.7 Å². The van der Waals surface area contributed by atoms with Crippen molar-refractivity contribution in [1.29, 1.82) is 0 Å². The molecule has 3 unspecified atom stereocenters. The fraction of sp³-hybridized carbons (Fsp3) is 1.00. The van der Waals surface area contributed by atoms with E-state index in [1.807, 2.05) is 6.92 Å². The third kappa shape index (κ3) is 4.39. The van der Waals surface area contributed by atoms with E-state index in [1.165, 1.54) is 0 Å². The molecule has 0 aromatic rings. The first-order valence-electron chi connectivity index (χ1n) is 5.96. The van der Waals surface area contributed by atoms with Crippen molar-refractivity contribution in [3.8, 4) is 0 Å². The highest BCUT2D eigenvalue weighted by Crippen LogP contribution is 2.21. The molecular formula is C11H23NO3S. The van der Waals surface area contributed by atoms with E-state index in [2.05, 4.69) is 5.32 Å². The van der Waals surface area contributed by atoms with Gasteiger partial charge in [0, 0.05) is 24.9 Å². The SMILES string of the molecule is CCS(=O)(=O)CC(C)NC1CCC(OC)C1. The molecule has 96 valence electrons. The molecule has 0 aromatic carbocycles. The van der Waals surface area contributed by atoms with Gasteiger partial charge in [-0.3, -0.25) is 0 Å². The van der Waals surface area contributed by atoms with Gasteiger partial charge in [-0.1, -0.05) is 6.92 Å². The van der Waals surface area contributed by atoms with Crippen LogP contribution in [0.5, 0.6) is 0 Å². The molecule has 0 heterocycles. The Morgan fingerprint density at radius 3 is 2.62 bits per heavy atom. The zero-order valence-corrected chi connectivity index (χ0v) is 11.2. The van der Waals surface area contributed by atoms with Gasteiger partial charge in [0.25, 0.3) is 0 Å². The summed E-state index contributed by atoms with van der Waals surface area (Å²) in [6, 6.07) is 0.442. The van der Waals surface area contributed by atoms with E-state index in [1.54, 1.807) is 14.0 Å². The second-order valence-electron chi connectivity index (χ2n) is 4.63. The molecular weight excluding hydrogens is 226 g/mol. The molecule has 0 spiro atoms. The molecule has 1 N–H and O–H groups in total. The Hall–Kier alpha value is -0.130. The van der Waals surface area contributed by atoms with Crippen molar-refractivity contribution in [3.63, 3.8) is 0 Å². The average molecular weight is 249 g/mol. The van der Waals surface area contributed by atoms with E-state index in [4.69, 9.17) is 4.74 Å². The molecule has 0 aliphatic heterocycles. The van der Waals surface area contributed by atoms with Gasteiger partial charge in [-0.25, -0.2) is 8.42 Å². The largest absolute Gasteiger partial charge is 0.381 e. The summed E-state index contributed by atoms with van der Waals surface area (Å²) < 4.78 is 28.2. The van der Waals surface area contributed by atoms with Crippen molar-refractivity contribution in [1.82, 2.24) is 5.32 Å². The number of hydrogen-bond donors (Lipinski definition) is 1. The molecule has 0 aromatic heterocycles. The van der Waals surface area contributed by atoms with Gasteiger partial charge in [-0.2, -0.15) is 0 Å². The molecule has 4 nitrogen and oxygen atoms in total. The number of methoxy groups -OCH3 is 1. The first kappa shape index (κ1) is 13.9. The lowest BCUT2D eigenvalue weighted by atomic mass is 10.2. The minimum atomic E-state index is -2.87. The summed E-state index contributed by atoms with van der Waals surface area (Å²) in [5.41, 5.74) is 0. The molecule has 0 radical (unpaired) electrons. The van der Waals surface area contributed by atoms with Crippen LogP contribution >= 0.6 is 0 Å². The van der Waals surface area contributed by atoms with Crippen LogP contribution in [0.25, 0.3) is 0 Å². The van der Waals surface area contributed by atoms with Gasteiger partial charge in [-0.05, 0) is 26.2 Å². The van der Waals surface area contributed by atoms with E-state index in [0.717, 1.165) is 19.3 Å².